The van der Waals surface area contributed by atoms with Gasteiger partial charge in [0.05, 0.1) is 23.7 Å². The summed E-state index contributed by atoms with van der Waals surface area (Å²) in [6.45, 7) is 1.87. The summed E-state index contributed by atoms with van der Waals surface area (Å²) in [6, 6.07) is 15.4. The highest BCUT2D eigenvalue weighted by atomic mass is 32.2. The first-order chi connectivity index (χ1) is 13.4. The molecular formula is C19H17FN4O2S2. The van der Waals surface area contributed by atoms with Crippen molar-refractivity contribution in [2.45, 2.75) is 19.2 Å². The third-order valence-electron chi connectivity index (χ3n) is 4.21. The third-order valence-corrected chi connectivity index (χ3v) is 6.31. The van der Waals surface area contributed by atoms with Crippen LogP contribution in [-0.4, -0.2) is 23.0 Å². The standard InChI is InChI=1S/C19H17FN4O2S2/c1-13-23-24-17(18(22-19(24)27-13)14-7-3-2-4-8-14)11-21-28(25,26)12-15-9-5-6-10-16(15)20/h2-10,21H,11-12H2,1H3. The van der Waals surface area contributed by atoms with Gasteiger partial charge in [-0.2, -0.15) is 5.10 Å². The number of rotatable bonds is 6. The van der Waals surface area contributed by atoms with Crippen molar-refractivity contribution in [3.05, 3.63) is 76.7 Å². The number of fused-ring (bicyclic) bond motifs is 1. The molecule has 6 nitrogen and oxygen atoms in total. The van der Waals surface area contributed by atoms with Gasteiger partial charge in [0.2, 0.25) is 15.0 Å². The summed E-state index contributed by atoms with van der Waals surface area (Å²) in [5.41, 5.74) is 2.32. The minimum absolute atomic E-state index is 0.00531. The maximum Gasteiger partial charge on any atom is 0.216 e. The number of benzene rings is 2. The lowest BCUT2D eigenvalue weighted by Crippen LogP contribution is -2.26. The molecule has 0 bridgehead atoms. The fourth-order valence-corrected chi connectivity index (χ4v) is 4.78. The summed E-state index contributed by atoms with van der Waals surface area (Å²) < 4.78 is 43.1. The molecule has 0 amide bonds. The van der Waals surface area contributed by atoms with Crippen LogP contribution in [0.15, 0.2) is 54.6 Å². The van der Waals surface area contributed by atoms with Gasteiger partial charge in [-0.1, -0.05) is 59.9 Å². The number of imidazole rings is 1. The molecule has 9 heteroatoms. The molecule has 2 aromatic heterocycles. The number of aromatic nitrogens is 3. The van der Waals surface area contributed by atoms with Crippen LogP contribution >= 0.6 is 11.3 Å². The number of hydrogen-bond donors (Lipinski definition) is 1. The molecule has 0 saturated heterocycles. The lowest BCUT2D eigenvalue weighted by Gasteiger charge is -2.08. The van der Waals surface area contributed by atoms with Crippen molar-refractivity contribution < 1.29 is 12.8 Å². The molecular weight excluding hydrogens is 399 g/mol. The van der Waals surface area contributed by atoms with E-state index in [1.165, 1.54) is 29.5 Å². The molecule has 28 heavy (non-hydrogen) atoms. The predicted octanol–water partition coefficient (Wildman–Crippen LogP) is 3.52. The number of sulfonamides is 1. The molecule has 2 aromatic carbocycles. The molecule has 4 aromatic rings. The van der Waals surface area contributed by atoms with E-state index >= 15 is 0 Å². The molecule has 0 atom stereocenters. The first-order valence-electron chi connectivity index (χ1n) is 8.54. The Balaban J connectivity index is 1.64. The van der Waals surface area contributed by atoms with Gasteiger partial charge in [0.25, 0.3) is 0 Å². The van der Waals surface area contributed by atoms with Crippen LogP contribution in [0.4, 0.5) is 4.39 Å². The van der Waals surface area contributed by atoms with Crippen LogP contribution in [0.1, 0.15) is 16.3 Å². The van der Waals surface area contributed by atoms with Crippen LogP contribution in [0.3, 0.4) is 0 Å². The van der Waals surface area contributed by atoms with Crippen LogP contribution in [0.5, 0.6) is 0 Å². The summed E-state index contributed by atoms with van der Waals surface area (Å²) in [6.07, 6.45) is 0. The van der Waals surface area contributed by atoms with Crippen molar-refractivity contribution in [2.24, 2.45) is 0 Å². The maximum absolute atomic E-state index is 13.8. The highest BCUT2D eigenvalue weighted by Gasteiger charge is 2.20. The monoisotopic (exact) mass is 416 g/mol. The Morgan fingerprint density at radius 3 is 2.57 bits per heavy atom. The fraction of sp³-hybridized carbons (Fsp3) is 0.158. The Bertz CT molecular complexity index is 1230. The number of aryl methyl sites for hydroxylation is 1. The highest BCUT2D eigenvalue weighted by Crippen LogP contribution is 2.27. The van der Waals surface area contributed by atoms with Crippen molar-refractivity contribution >= 4 is 26.3 Å². The van der Waals surface area contributed by atoms with Gasteiger partial charge >= 0.3 is 0 Å². The Morgan fingerprint density at radius 2 is 1.82 bits per heavy atom. The number of hydrogen-bond acceptors (Lipinski definition) is 5. The van der Waals surface area contributed by atoms with E-state index in [0.29, 0.717) is 16.3 Å². The largest absolute Gasteiger partial charge is 0.217 e. The molecule has 0 saturated carbocycles. The quantitative estimate of drug-likeness (QED) is 0.522. The van der Waals surface area contributed by atoms with Crippen molar-refractivity contribution in [3.8, 4) is 11.3 Å². The van der Waals surface area contributed by atoms with Crippen LogP contribution in [0.2, 0.25) is 0 Å². The first-order valence-corrected chi connectivity index (χ1v) is 11.0. The van der Waals surface area contributed by atoms with Gasteiger partial charge in [0.15, 0.2) is 0 Å². The summed E-state index contributed by atoms with van der Waals surface area (Å²) in [4.78, 5) is 5.32. The van der Waals surface area contributed by atoms with Gasteiger partial charge in [-0.15, -0.1) is 0 Å². The Labute approximate surface area is 165 Å². The zero-order valence-electron chi connectivity index (χ0n) is 15.0. The van der Waals surface area contributed by atoms with E-state index in [1.807, 2.05) is 37.3 Å². The fourth-order valence-electron chi connectivity index (χ4n) is 2.92. The van der Waals surface area contributed by atoms with Gasteiger partial charge in [-0.05, 0) is 13.0 Å². The summed E-state index contributed by atoms with van der Waals surface area (Å²) >= 11 is 1.43. The lowest BCUT2D eigenvalue weighted by molar-refractivity contribution is 0.573. The van der Waals surface area contributed by atoms with E-state index in [9.17, 15) is 12.8 Å². The second kappa shape index (κ2) is 7.42. The van der Waals surface area contributed by atoms with Crippen LogP contribution in [0, 0.1) is 12.7 Å². The van der Waals surface area contributed by atoms with Crippen LogP contribution in [0.25, 0.3) is 16.2 Å². The number of nitrogens with one attached hydrogen (secondary N) is 1. The molecule has 0 aliphatic heterocycles. The number of nitrogens with zero attached hydrogens (tertiary/aromatic N) is 3. The Kier molecular flexibility index (Phi) is 4.96. The molecule has 0 spiro atoms. The van der Waals surface area contributed by atoms with E-state index in [2.05, 4.69) is 14.8 Å². The lowest BCUT2D eigenvalue weighted by atomic mass is 10.1. The van der Waals surface area contributed by atoms with Gasteiger partial charge in [0, 0.05) is 11.1 Å². The molecule has 1 N–H and O–H groups in total. The normalized spacial score (nSPS) is 11.9. The molecule has 0 radical (unpaired) electrons. The maximum atomic E-state index is 13.8. The molecule has 2 heterocycles. The van der Waals surface area contributed by atoms with E-state index in [4.69, 9.17) is 0 Å². The number of halogens is 1. The van der Waals surface area contributed by atoms with Crippen molar-refractivity contribution in [2.75, 3.05) is 0 Å². The van der Waals surface area contributed by atoms with E-state index in [-0.39, 0.29) is 12.1 Å². The predicted molar refractivity (Wildman–Crippen MR) is 107 cm³/mol. The van der Waals surface area contributed by atoms with Gasteiger partial charge < -0.3 is 0 Å². The summed E-state index contributed by atoms with van der Waals surface area (Å²) in [7, 11) is -3.75. The average Bonchev–Trinajstić information content (AvgIpc) is 3.19. The topological polar surface area (TPSA) is 76.4 Å². The highest BCUT2D eigenvalue weighted by molar-refractivity contribution is 7.88. The van der Waals surface area contributed by atoms with Gasteiger partial charge in [-0.3, -0.25) is 0 Å². The minimum Gasteiger partial charge on any atom is -0.217 e. The molecule has 0 aliphatic carbocycles. The van der Waals surface area contributed by atoms with Crippen LogP contribution in [-0.2, 0) is 22.3 Å². The zero-order chi connectivity index (χ0) is 19.7. The van der Waals surface area contributed by atoms with Crippen LogP contribution < -0.4 is 4.72 Å². The molecule has 0 unspecified atom stereocenters. The Morgan fingerprint density at radius 1 is 1.11 bits per heavy atom. The first kappa shape index (κ1) is 18.7. The zero-order valence-corrected chi connectivity index (χ0v) is 16.6. The SMILES string of the molecule is Cc1nn2c(CNS(=O)(=O)Cc3ccccc3F)c(-c3ccccc3)nc2s1. The van der Waals surface area contributed by atoms with Crippen molar-refractivity contribution in [1.82, 2.24) is 19.3 Å². The molecule has 0 aliphatic rings. The average molecular weight is 417 g/mol. The Hall–Kier alpha value is -2.62. The third kappa shape index (κ3) is 3.82. The second-order valence-electron chi connectivity index (χ2n) is 6.26. The van der Waals surface area contributed by atoms with Gasteiger partial charge in [-0.25, -0.2) is 27.0 Å². The summed E-state index contributed by atoms with van der Waals surface area (Å²) in [5.74, 6) is -0.974. The van der Waals surface area contributed by atoms with Crippen molar-refractivity contribution in [1.29, 1.82) is 0 Å². The minimum atomic E-state index is -3.75. The van der Waals surface area contributed by atoms with Gasteiger partial charge in [0.1, 0.15) is 10.8 Å². The molecule has 0 fully saturated rings. The summed E-state index contributed by atoms with van der Waals surface area (Å²) in [5, 5.41) is 5.27. The molecule has 144 valence electrons. The second-order valence-corrected chi connectivity index (χ2v) is 9.23. The van der Waals surface area contributed by atoms with E-state index in [0.717, 1.165) is 10.6 Å². The van der Waals surface area contributed by atoms with E-state index < -0.39 is 21.6 Å². The van der Waals surface area contributed by atoms with E-state index in [1.54, 1.807) is 10.6 Å². The molecule has 4 rings (SSSR count). The van der Waals surface area contributed by atoms with Crippen molar-refractivity contribution in [3.63, 3.8) is 0 Å². The smallest absolute Gasteiger partial charge is 0.216 e.